The van der Waals surface area contributed by atoms with E-state index in [0.717, 1.165) is 13.0 Å². The molecule has 0 saturated carbocycles. The lowest BCUT2D eigenvalue weighted by molar-refractivity contribution is -0.0504. The van der Waals surface area contributed by atoms with Gasteiger partial charge in [0.25, 0.3) is 0 Å². The Balaban J connectivity index is 2.73. The Hall–Kier alpha value is -0.870. The van der Waals surface area contributed by atoms with E-state index in [1.54, 1.807) is 6.07 Å². The molecule has 16 heavy (non-hydrogen) atoms. The monoisotopic (exact) mass is 249 g/mol. The van der Waals surface area contributed by atoms with Gasteiger partial charge in [-0.25, -0.2) is 0 Å². The van der Waals surface area contributed by atoms with E-state index in [1.165, 1.54) is 12.1 Å². The molecule has 0 aliphatic heterocycles. The van der Waals surface area contributed by atoms with Crippen molar-refractivity contribution >= 4 is 11.6 Å². The fourth-order valence-corrected chi connectivity index (χ4v) is 1.49. The molecule has 5 heteroatoms. The largest absolute Gasteiger partial charge is 0.434 e. The lowest BCUT2D eigenvalue weighted by atomic mass is 10.2. The molecule has 0 unspecified atom stereocenters. The molecule has 90 valence electrons. The van der Waals surface area contributed by atoms with Crippen LogP contribution in [-0.2, 0) is 6.54 Å². The quantitative estimate of drug-likeness (QED) is 0.780. The van der Waals surface area contributed by atoms with Gasteiger partial charge in [-0.2, -0.15) is 8.78 Å². The number of rotatable bonds is 6. The molecular weight excluding hydrogens is 236 g/mol. The van der Waals surface area contributed by atoms with Crippen LogP contribution in [0, 0.1) is 0 Å². The maximum absolute atomic E-state index is 12.1. The minimum Gasteiger partial charge on any atom is -0.434 e. The molecule has 0 fully saturated rings. The van der Waals surface area contributed by atoms with Gasteiger partial charge in [0, 0.05) is 17.1 Å². The number of hydrogen-bond acceptors (Lipinski definition) is 2. The summed E-state index contributed by atoms with van der Waals surface area (Å²) in [4.78, 5) is 0. The van der Waals surface area contributed by atoms with Crippen molar-refractivity contribution in [2.45, 2.75) is 26.5 Å². The van der Waals surface area contributed by atoms with E-state index in [2.05, 4.69) is 10.1 Å². The first-order valence-electron chi connectivity index (χ1n) is 5.07. The lowest BCUT2D eigenvalue weighted by Gasteiger charge is -2.11. The summed E-state index contributed by atoms with van der Waals surface area (Å²) in [6, 6.07) is 4.61. The smallest absolute Gasteiger partial charge is 0.387 e. The third-order valence-electron chi connectivity index (χ3n) is 1.98. The first-order valence-corrected chi connectivity index (χ1v) is 5.45. The highest BCUT2D eigenvalue weighted by Crippen LogP contribution is 2.24. The summed E-state index contributed by atoms with van der Waals surface area (Å²) in [6.07, 6.45) is 0.978. The van der Waals surface area contributed by atoms with E-state index in [4.69, 9.17) is 11.6 Å². The summed E-state index contributed by atoms with van der Waals surface area (Å²) in [6.45, 7) is 0.504. The normalized spacial score (nSPS) is 10.8. The Kier molecular flexibility index (Phi) is 5.49. The molecule has 0 amide bonds. The summed E-state index contributed by atoms with van der Waals surface area (Å²) < 4.78 is 28.6. The summed E-state index contributed by atoms with van der Waals surface area (Å²) in [5.74, 6) is 0.169. The molecule has 1 N–H and O–H groups in total. The highest BCUT2D eigenvalue weighted by atomic mass is 35.5. The van der Waals surface area contributed by atoms with Gasteiger partial charge in [0.1, 0.15) is 5.75 Å². The van der Waals surface area contributed by atoms with Crippen LogP contribution in [0.25, 0.3) is 0 Å². The van der Waals surface area contributed by atoms with Gasteiger partial charge in [-0.3, -0.25) is 0 Å². The van der Waals surface area contributed by atoms with Crippen LogP contribution < -0.4 is 10.1 Å². The number of halogens is 3. The van der Waals surface area contributed by atoms with Crippen LogP contribution >= 0.6 is 11.6 Å². The summed E-state index contributed by atoms with van der Waals surface area (Å²) in [5.41, 5.74) is 0.640. The number of alkyl halides is 2. The third kappa shape index (κ3) is 4.33. The fourth-order valence-electron chi connectivity index (χ4n) is 1.30. The molecular formula is C11H14ClF2NO. The molecule has 0 bridgehead atoms. The molecule has 0 radical (unpaired) electrons. The maximum Gasteiger partial charge on any atom is 0.387 e. The Morgan fingerprint density at radius 1 is 1.44 bits per heavy atom. The molecule has 0 aliphatic carbocycles. The zero-order chi connectivity index (χ0) is 12.0. The standard InChI is InChI=1S/C11H14ClF2NO/c1-2-5-15-7-8-6-9(12)3-4-10(8)16-11(13)14/h3-4,6,11,15H,2,5,7H2,1H3. The molecule has 0 spiro atoms. The summed E-state index contributed by atoms with van der Waals surface area (Å²) >= 11 is 5.80. The minimum atomic E-state index is -2.81. The lowest BCUT2D eigenvalue weighted by Crippen LogP contribution is -2.15. The zero-order valence-corrected chi connectivity index (χ0v) is 9.73. The number of ether oxygens (including phenoxy) is 1. The highest BCUT2D eigenvalue weighted by Gasteiger charge is 2.09. The van der Waals surface area contributed by atoms with Gasteiger partial charge in [-0.15, -0.1) is 0 Å². The van der Waals surface area contributed by atoms with Crippen LogP contribution in [0.15, 0.2) is 18.2 Å². The van der Waals surface area contributed by atoms with Gasteiger partial charge < -0.3 is 10.1 Å². The third-order valence-corrected chi connectivity index (χ3v) is 2.22. The van der Waals surface area contributed by atoms with Crippen molar-refractivity contribution in [1.29, 1.82) is 0 Å². The summed E-state index contributed by atoms with van der Waals surface area (Å²) in [5, 5.41) is 3.62. The van der Waals surface area contributed by atoms with Crippen molar-refractivity contribution in [3.63, 3.8) is 0 Å². The Morgan fingerprint density at radius 3 is 2.81 bits per heavy atom. The number of hydrogen-bond donors (Lipinski definition) is 1. The number of nitrogens with one attached hydrogen (secondary N) is 1. The van der Waals surface area contributed by atoms with Crippen molar-refractivity contribution in [3.8, 4) is 5.75 Å². The maximum atomic E-state index is 12.1. The summed E-state index contributed by atoms with van der Waals surface area (Å²) in [7, 11) is 0. The molecule has 1 aromatic rings. The molecule has 1 aromatic carbocycles. The molecule has 0 saturated heterocycles. The van der Waals surface area contributed by atoms with Crippen LogP contribution in [0.5, 0.6) is 5.75 Å². The van der Waals surface area contributed by atoms with Gasteiger partial charge in [0.15, 0.2) is 0 Å². The van der Waals surface area contributed by atoms with Crippen LogP contribution in [0.1, 0.15) is 18.9 Å². The Labute approximate surface area is 98.6 Å². The first-order chi connectivity index (χ1) is 7.63. The van der Waals surface area contributed by atoms with Crippen molar-refractivity contribution in [3.05, 3.63) is 28.8 Å². The molecule has 0 heterocycles. The average molecular weight is 250 g/mol. The fraction of sp³-hybridized carbons (Fsp3) is 0.455. The van der Waals surface area contributed by atoms with Crippen molar-refractivity contribution < 1.29 is 13.5 Å². The Bertz CT molecular complexity index is 334. The second-order valence-electron chi connectivity index (χ2n) is 3.31. The van der Waals surface area contributed by atoms with Crippen LogP contribution in [-0.4, -0.2) is 13.2 Å². The second-order valence-corrected chi connectivity index (χ2v) is 3.74. The van der Waals surface area contributed by atoms with E-state index in [1.807, 2.05) is 6.92 Å². The topological polar surface area (TPSA) is 21.3 Å². The van der Waals surface area contributed by atoms with Gasteiger partial charge >= 0.3 is 6.61 Å². The van der Waals surface area contributed by atoms with Crippen molar-refractivity contribution in [2.75, 3.05) is 6.54 Å². The van der Waals surface area contributed by atoms with Crippen LogP contribution in [0.3, 0.4) is 0 Å². The van der Waals surface area contributed by atoms with Crippen LogP contribution in [0.2, 0.25) is 5.02 Å². The highest BCUT2D eigenvalue weighted by molar-refractivity contribution is 6.30. The molecule has 0 aromatic heterocycles. The Morgan fingerprint density at radius 2 is 2.19 bits per heavy atom. The molecule has 0 aliphatic rings. The van der Waals surface area contributed by atoms with Gasteiger partial charge in [-0.1, -0.05) is 18.5 Å². The SMILES string of the molecule is CCCNCc1cc(Cl)ccc1OC(F)F. The number of benzene rings is 1. The predicted octanol–water partition coefficient (Wildman–Crippen LogP) is 3.44. The van der Waals surface area contributed by atoms with Gasteiger partial charge in [0.2, 0.25) is 0 Å². The predicted molar refractivity (Wildman–Crippen MR) is 60.1 cm³/mol. The average Bonchev–Trinajstić information content (AvgIpc) is 2.22. The minimum absolute atomic E-state index is 0.169. The molecule has 0 atom stereocenters. The van der Waals surface area contributed by atoms with E-state index in [0.29, 0.717) is 17.1 Å². The molecule has 2 nitrogen and oxygen atoms in total. The van der Waals surface area contributed by atoms with E-state index >= 15 is 0 Å². The van der Waals surface area contributed by atoms with Crippen LogP contribution in [0.4, 0.5) is 8.78 Å². The van der Waals surface area contributed by atoms with Crippen molar-refractivity contribution in [2.24, 2.45) is 0 Å². The van der Waals surface area contributed by atoms with Gasteiger partial charge in [0.05, 0.1) is 0 Å². The van der Waals surface area contributed by atoms with E-state index < -0.39 is 6.61 Å². The molecule has 1 rings (SSSR count). The van der Waals surface area contributed by atoms with Gasteiger partial charge in [-0.05, 0) is 31.2 Å². The van der Waals surface area contributed by atoms with Crippen molar-refractivity contribution in [1.82, 2.24) is 5.32 Å². The second kappa shape index (κ2) is 6.66. The zero-order valence-electron chi connectivity index (χ0n) is 8.97. The van der Waals surface area contributed by atoms with E-state index in [9.17, 15) is 8.78 Å². The van der Waals surface area contributed by atoms with E-state index in [-0.39, 0.29) is 5.75 Å². The first kappa shape index (κ1) is 13.2.